The Morgan fingerprint density at radius 3 is 2.56 bits per heavy atom. The summed E-state index contributed by atoms with van der Waals surface area (Å²) in [5.41, 5.74) is 0.0566. The first-order valence-electron chi connectivity index (χ1n) is 8.52. The molecule has 1 saturated carbocycles. The maximum absolute atomic E-state index is 14.7. The zero-order chi connectivity index (χ0) is 18.0. The Morgan fingerprint density at radius 1 is 1.32 bits per heavy atom. The molecule has 0 bridgehead atoms. The quantitative estimate of drug-likeness (QED) is 0.866. The van der Waals surface area contributed by atoms with Crippen LogP contribution >= 0.6 is 0 Å². The SMILES string of the molecule is CC1(C)OB(c2ccn3nc(NC(=O)C4CC4)c(F)c3c2)OC1(C)C. The van der Waals surface area contributed by atoms with Gasteiger partial charge in [-0.3, -0.25) is 4.79 Å². The van der Waals surface area contributed by atoms with Crippen LogP contribution in [0.15, 0.2) is 18.3 Å². The fourth-order valence-corrected chi connectivity index (χ4v) is 2.80. The van der Waals surface area contributed by atoms with Crippen LogP contribution in [-0.2, 0) is 14.1 Å². The van der Waals surface area contributed by atoms with Crippen LogP contribution in [0.1, 0.15) is 40.5 Å². The molecule has 6 nitrogen and oxygen atoms in total. The smallest absolute Gasteiger partial charge is 0.399 e. The number of halogens is 1. The third-order valence-electron chi connectivity index (χ3n) is 5.31. The van der Waals surface area contributed by atoms with E-state index in [1.165, 1.54) is 4.52 Å². The van der Waals surface area contributed by atoms with Crippen molar-refractivity contribution in [2.45, 2.75) is 51.7 Å². The summed E-state index contributed by atoms with van der Waals surface area (Å²) in [5.74, 6) is -0.770. The molecule has 1 aliphatic carbocycles. The highest BCUT2D eigenvalue weighted by Crippen LogP contribution is 2.36. The predicted molar refractivity (Wildman–Crippen MR) is 92.2 cm³/mol. The van der Waals surface area contributed by atoms with Gasteiger partial charge in [0.2, 0.25) is 5.91 Å². The Bertz CT molecular complexity index is 844. The lowest BCUT2D eigenvalue weighted by Gasteiger charge is -2.32. The zero-order valence-electron chi connectivity index (χ0n) is 14.8. The molecule has 0 radical (unpaired) electrons. The van der Waals surface area contributed by atoms with Crippen LogP contribution in [0.5, 0.6) is 0 Å². The number of rotatable bonds is 3. The van der Waals surface area contributed by atoms with Crippen molar-refractivity contribution in [3.63, 3.8) is 0 Å². The van der Waals surface area contributed by atoms with E-state index in [0.717, 1.165) is 12.8 Å². The van der Waals surface area contributed by atoms with E-state index in [1.807, 2.05) is 27.7 Å². The second-order valence-electron chi connectivity index (χ2n) is 7.80. The number of fused-ring (bicyclic) bond motifs is 1. The van der Waals surface area contributed by atoms with Crippen molar-refractivity contribution < 1.29 is 18.5 Å². The number of hydrogen-bond donors (Lipinski definition) is 1. The van der Waals surface area contributed by atoms with Gasteiger partial charge in [0.1, 0.15) is 5.52 Å². The summed E-state index contributed by atoms with van der Waals surface area (Å²) < 4.78 is 28.1. The first-order valence-corrected chi connectivity index (χ1v) is 8.52. The molecule has 8 heteroatoms. The van der Waals surface area contributed by atoms with Crippen molar-refractivity contribution in [3.8, 4) is 0 Å². The van der Waals surface area contributed by atoms with Gasteiger partial charge in [-0.2, -0.15) is 0 Å². The van der Waals surface area contributed by atoms with E-state index in [9.17, 15) is 9.18 Å². The summed E-state index contributed by atoms with van der Waals surface area (Å²) >= 11 is 0. The molecular weight excluding hydrogens is 324 g/mol. The van der Waals surface area contributed by atoms with E-state index in [2.05, 4.69) is 10.4 Å². The highest BCUT2D eigenvalue weighted by Gasteiger charge is 2.51. The minimum atomic E-state index is -0.575. The maximum Gasteiger partial charge on any atom is 0.494 e. The molecule has 1 amide bonds. The zero-order valence-corrected chi connectivity index (χ0v) is 14.8. The van der Waals surface area contributed by atoms with Gasteiger partial charge in [-0.15, -0.1) is 5.10 Å². The predicted octanol–water partition coefficient (Wildman–Crippen LogP) is 2.12. The van der Waals surface area contributed by atoms with Crippen LogP contribution in [0, 0.1) is 11.7 Å². The molecule has 0 unspecified atom stereocenters. The largest absolute Gasteiger partial charge is 0.494 e. The molecule has 0 spiro atoms. The monoisotopic (exact) mass is 345 g/mol. The fourth-order valence-electron chi connectivity index (χ4n) is 2.80. The van der Waals surface area contributed by atoms with E-state index >= 15 is 0 Å². The Kier molecular flexibility index (Phi) is 3.50. The molecule has 1 saturated heterocycles. The molecule has 132 valence electrons. The lowest BCUT2D eigenvalue weighted by molar-refractivity contribution is -0.117. The Morgan fingerprint density at radius 2 is 1.96 bits per heavy atom. The molecule has 3 heterocycles. The van der Waals surface area contributed by atoms with Crippen LogP contribution in [0.2, 0.25) is 0 Å². The second-order valence-corrected chi connectivity index (χ2v) is 7.80. The number of nitrogens with one attached hydrogen (secondary N) is 1. The highest BCUT2D eigenvalue weighted by molar-refractivity contribution is 6.62. The van der Waals surface area contributed by atoms with Crippen molar-refractivity contribution in [1.82, 2.24) is 9.61 Å². The summed E-state index contributed by atoms with van der Waals surface area (Å²) in [6.07, 6.45) is 3.35. The number of carbonyl (C=O) groups excluding carboxylic acids is 1. The average Bonchev–Trinajstić information content (AvgIpc) is 3.29. The van der Waals surface area contributed by atoms with Crippen molar-refractivity contribution in [1.29, 1.82) is 0 Å². The van der Waals surface area contributed by atoms with Crippen molar-refractivity contribution in [2.75, 3.05) is 5.32 Å². The number of carbonyl (C=O) groups is 1. The molecule has 1 aliphatic heterocycles. The summed E-state index contributed by atoms with van der Waals surface area (Å²) in [6, 6.07) is 3.44. The van der Waals surface area contributed by atoms with Gasteiger partial charge in [-0.1, -0.05) is 0 Å². The Labute approximate surface area is 145 Å². The van der Waals surface area contributed by atoms with Crippen LogP contribution in [0.4, 0.5) is 10.2 Å². The Balaban J connectivity index is 1.64. The lowest BCUT2D eigenvalue weighted by atomic mass is 9.79. The lowest BCUT2D eigenvalue weighted by Crippen LogP contribution is -2.41. The molecule has 2 fully saturated rings. The number of anilines is 1. The van der Waals surface area contributed by atoms with Crippen LogP contribution < -0.4 is 10.8 Å². The minimum absolute atomic E-state index is 0.00970. The Hall–Kier alpha value is -1.93. The average molecular weight is 345 g/mol. The fraction of sp³-hybridized carbons (Fsp3) is 0.529. The topological polar surface area (TPSA) is 64.9 Å². The first-order chi connectivity index (χ1) is 11.7. The van der Waals surface area contributed by atoms with Gasteiger partial charge in [0.15, 0.2) is 11.6 Å². The van der Waals surface area contributed by atoms with Crippen molar-refractivity contribution >= 4 is 29.8 Å². The summed E-state index contributed by atoms with van der Waals surface area (Å²) in [7, 11) is -0.575. The van der Waals surface area contributed by atoms with Gasteiger partial charge >= 0.3 is 7.12 Å². The standard InChI is InChI=1S/C17H21BFN3O3/c1-16(2)17(3,4)25-18(24-16)11-7-8-22-12(9-11)13(19)14(21-22)20-15(23)10-5-6-10/h7-10H,5-6H2,1-4H3,(H,20,21,23). The molecule has 2 aromatic rings. The molecular formula is C17H21BFN3O3. The third kappa shape index (κ3) is 2.73. The molecule has 0 aromatic carbocycles. The highest BCUT2D eigenvalue weighted by atomic mass is 19.1. The summed E-state index contributed by atoms with van der Waals surface area (Å²) in [5, 5.41) is 6.68. The number of aromatic nitrogens is 2. The number of amides is 1. The summed E-state index contributed by atoms with van der Waals surface area (Å²) in [4.78, 5) is 11.9. The molecule has 25 heavy (non-hydrogen) atoms. The van der Waals surface area contributed by atoms with Gasteiger partial charge in [-0.25, -0.2) is 8.91 Å². The normalized spacial score (nSPS) is 21.7. The van der Waals surface area contributed by atoms with Gasteiger partial charge in [0.05, 0.1) is 11.2 Å². The van der Waals surface area contributed by atoms with Gasteiger partial charge in [-0.05, 0) is 58.1 Å². The van der Waals surface area contributed by atoms with E-state index in [1.54, 1.807) is 18.3 Å². The summed E-state index contributed by atoms with van der Waals surface area (Å²) in [6.45, 7) is 7.87. The van der Waals surface area contributed by atoms with E-state index in [-0.39, 0.29) is 23.2 Å². The third-order valence-corrected chi connectivity index (χ3v) is 5.31. The second kappa shape index (κ2) is 5.28. The van der Waals surface area contributed by atoms with Crippen LogP contribution in [0.25, 0.3) is 5.52 Å². The van der Waals surface area contributed by atoms with Crippen molar-refractivity contribution in [3.05, 3.63) is 24.1 Å². The van der Waals surface area contributed by atoms with Crippen molar-refractivity contribution in [2.24, 2.45) is 5.92 Å². The number of pyridine rings is 1. The van der Waals surface area contributed by atoms with Crippen LogP contribution in [0.3, 0.4) is 0 Å². The first kappa shape index (κ1) is 16.5. The molecule has 1 N–H and O–H groups in total. The molecule has 4 rings (SSSR count). The van der Waals surface area contributed by atoms with E-state index in [4.69, 9.17) is 9.31 Å². The maximum atomic E-state index is 14.7. The van der Waals surface area contributed by atoms with Gasteiger partial charge in [0.25, 0.3) is 0 Å². The molecule has 2 aliphatic rings. The van der Waals surface area contributed by atoms with E-state index in [0.29, 0.717) is 5.46 Å². The van der Waals surface area contributed by atoms with Crippen LogP contribution in [-0.4, -0.2) is 33.8 Å². The van der Waals surface area contributed by atoms with E-state index < -0.39 is 24.1 Å². The van der Waals surface area contributed by atoms with Gasteiger partial charge < -0.3 is 14.6 Å². The molecule has 0 atom stereocenters. The number of hydrogen-bond acceptors (Lipinski definition) is 4. The van der Waals surface area contributed by atoms with Gasteiger partial charge in [0, 0.05) is 12.1 Å². The number of nitrogens with zero attached hydrogens (tertiary/aromatic N) is 2. The minimum Gasteiger partial charge on any atom is -0.399 e. The molecule has 2 aromatic heterocycles.